The monoisotopic (exact) mass is 344 g/mol. The standard InChI is InChI=1S/C20H28N2O3/c1-14(2)10-19(24)22-12-16-7-4-3-6-15(16)11-18(22)20(25)21-9-5-8-17(23)13-21/h3-4,6-7,14,17-18,23H,5,8-13H2,1-2H3. The van der Waals surface area contributed by atoms with Gasteiger partial charge < -0.3 is 14.9 Å². The predicted molar refractivity (Wildman–Crippen MR) is 95.8 cm³/mol. The molecular weight excluding hydrogens is 316 g/mol. The first-order valence-electron chi connectivity index (χ1n) is 9.28. The van der Waals surface area contributed by atoms with Crippen LogP contribution in [0.2, 0.25) is 0 Å². The minimum atomic E-state index is -0.452. The Kier molecular flexibility index (Phi) is 5.42. The fourth-order valence-electron chi connectivity index (χ4n) is 3.84. The van der Waals surface area contributed by atoms with Crippen molar-refractivity contribution in [3.05, 3.63) is 35.4 Å². The lowest BCUT2D eigenvalue weighted by atomic mass is 9.92. The van der Waals surface area contributed by atoms with Gasteiger partial charge in [0.15, 0.2) is 0 Å². The maximum atomic E-state index is 13.1. The first kappa shape index (κ1) is 17.9. The Balaban J connectivity index is 1.84. The van der Waals surface area contributed by atoms with Crippen molar-refractivity contribution in [1.29, 1.82) is 0 Å². The molecule has 3 rings (SSSR count). The number of hydrogen-bond acceptors (Lipinski definition) is 3. The molecule has 0 aromatic heterocycles. The number of hydrogen-bond donors (Lipinski definition) is 1. The summed E-state index contributed by atoms with van der Waals surface area (Å²) in [5.41, 5.74) is 2.27. The lowest BCUT2D eigenvalue weighted by molar-refractivity contribution is -0.149. The van der Waals surface area contributed by atoms with Crippen molar-refractivity contribution in [2.24, 2.45) is 5.92 Å². The van der Waals surface area contributed by atoms with Crippen LogP contribution in [0.5, 0.6) is 0 Å². The van der Waals surface area contributed by atoms with Gasteiger partial charge in [-0.25, -0.2) is 0 Å². The molecule has 1 fully saturated rings. The summed E-state index contributed by atoms with van der Waals surface area (Å²) >= 11 is 0. The second kappa shape index (κ2) is 7.56. The smallest absolute Gasteiger partial charge is 0.245 e. The van der Waals surface area contributed by atoms with E-state index in [0.717, 1.165) is 24.0 Å². The third kappa shape index (κ3) is 4.03. The van der Waals surface area contributed by atoms with Gasteiger partial charge in [0.05, 0.1) is 6.10 Å². The third-order valence-corrected chi connectivity index (χ3v) is 5.15. The fraction of sp³-hybridized carbons (Fsp3) is 0.600. The molecule has 1 aromatic rings. The molecule has 2 aliphatic heterocycles. The van der Waals surface area contributed by atoms with Crippen LogP contribution in [0.1, 0.15) is 44.2 Å². The van der Waals surface area contributed by atoms with E-state index in [-0.39, 0.29) is 17.7 Å². The molecule has 2 heterocycles. The summed E-state index contributed by atoms with van der Waals surface area (Å²) in [4.78, 5) is 29.4. The van der Waals surface area contributed by atoms with E-state index in [9.17, 15) is 14.7 Å². The average molecular weight is 344 g/mol. The molecule has 2 atom stereocenters. The van der Waals surface area contributed by atoms with E-state index >= 15 is 0 Å². The molecule has 0 aliphatic carbocycles. The number of amides is 2. The van der Waals surface area contributed by atoms with Crippen molar-refractivity contribution in [3.8, 4) is 0 Å². The number of rotatable bonds is 3. The van der Waals surface area contributed by atoms with Crippen molar-refractivity contribution < 1.29 is 14.7 Å². The van der Waals surface area contributed by atoms with Crippen LogP contribution in [0, 0.1) is 5.92 Å². The van der Waals surface area contributed by atoms with Gasteiger partial charge in [-0.05, 0) is 29.9 Å². The van der Waals surface area contributed by atoms with Crippen LogP contribution >= 0.6 is 0 Å². The van der Waals surface area contributed by atoms with E-state index in [1.807, 2.05) is 38.1 Å². The number of fused-ring (bicyclic) bond motifs is 1. The topological polar surface area (TPSA) is 60.9 Å². The van der Waals surface area contributed by atoms with E-state index < -0.39 is 12.1 Å². The number of aliphatic hydroxyl groups excluding tert-OH is 1. The fourth-order valence-corrected chi connectivity index (χ4v) is 3.84. The highest BCUT2D eigenvalue weighted by molar-refractivity contribution is 5.88. The molecule has 0 bridgehead atoms. The van der Waals surface area contributed by atoms with E-state index in [1.165, 1.54) is 0 Å². The van der Waals surface area contributed by atoms with Crippen LogP contribution in [0.3, 0.4) is 0 Å². The number of carbonyl (C=O) groups excluding carboxylic acids is 2. The predicted octanol–water partition coefficient (Wildman–Crippen LogP) is 1.97. The highest BCUT2D eigenvalue weighted by Crippen LogP contribution is 2.26. The van der Waals surface area contributed by atoms with Crippen molar-refractivity contribution in [3.63, 3.8) is 0 Å². The SMILES string of the molecule is CC(C)CC(=O)N1Cc2ccccc2CC1C(=O)N1CCCC(O)C1. The van der Waals surface area contributed by atoms with Crippen molar-refractivity contribution in [2.75, 3.05) is 13.1 Å². The number of β-amino-alcohol motifs (C(OH)–C–C–N with tert-alkyl or cyclic N) is 1. The van der Waals surface area contributed by atoms with Crippen LogP contribution < -0.4 is 0 Å². The van der Waals surface area contributed by atoms with Gasteiger partial charge in [-0.15, -0.1) is 0 Å². The number of nitrogens with zero attached hydrogens (tertiary/aromatic N) is 2. The van der Waals surface area contributed by atoms with Crippen molar-refractivity contribution in [1.82, 2.24) is 9.80 Å². The van der Waals surface area contributed by atoms with Crippen LogP contribution in [0.4, 0.5) is 0 Å². The van der Waals surface area contributed by atoms with Gasteiger partial charge in [0.25, 0.3) is 0 Å². The minimum Gasteiger partial charge on any atom is -0.391 e. The molecule has 2 amide bonds. The van der Waals surface area contributed by atoms with Crippen LogP contribution in [-0.2, 0) is 22.6 Å². The minimum absolute atomic E-state index is 0.0228. The molecule has 2 aliphatic rings. The molecule has 0 radical (unpaired) electrons. The third-order valence-electron chi connectivity index (χ3n) is 5.15. The summed E-state index contributed by atoms with van der Waals surface area (Å²) in [6.07, 6.45) is 2.12. The Morgan fingerprint density at radius 2 is 1.96 bits per heavy atom. The largest absolute Gasteiger partial charge is 0.391 e. The number of piperidine rings is 1. The Labute approximate surface area is 149 Å². The summed E-state index contributed by atoms with van der Waals surface area (Å²) in [6.45, 7) is 5.58. The van der Waals surface area contributed by atoms with Crippen LogP contribution in [-0.4, -0.2) is 52.0 Å². The Hall–Kier alpha value is -1.88. The molecule has 1 saturated heterocycles. The molecule has 25 heavy (non-hydrogen) atoms. The van der Waals surface area contributed by atoms with E-state index in [2.05, 4.69) is 0 Å². The van der Waals surface area contributed by atoms with Gasteiger partial charge in [-0.3, -0.25) is 9.59 Å². The molecule has 5 heteroatoms. The Morgan fingerprint density at radius 1 is 1.24 bits per heavy atom. The molecule has 5 nitrogen and oxygen atoms in total. The normalized spacial score (nSPS) is 23.5. The van der Waals surface area contributed by atoms with Crippen LogP contribution in [0.25, 0.3) is 0 Å². The van der Waals surface area contributed by atoms with E-state index in [4.69, 9.17) is 0 Å². The maximum Gasteiger partial charge on any atom is 0.245 e. The van der Waals surface area contributed by atoms with Gasteiger partial charge in [-0.1, -0.05) is 38.1 Å². The highest BCUT2D eigenvalue weighted by atomic mass is 16.3. The number of carbonyl (C=O) groups is 2. The zero-order chi connectivity index (χ0) is 18.0. The van der Waals surface area contributed by atoms with Gasteiger partial charge in [0.1, 0.15) is 6.04 Å². The molecule has 2 unspecified atom stereocenters. The highest BCUT2D eigenvalue weighted by Gasteiger charge is 2.37. The second-order valence-corrected chi connectivity index (χ2v) is 7.69. The molecule has 0 spiro atoms. The molecule has 1 aromatic carbocycles. The second-order valence-electron chi connectivity index (χ2n) is 7.69. The first-order valence-corrected chi connectivity index (χ1v) is 9.28. The lowest BCUT2D eigenvalue weighted by Crippen LogP contribution is -2.56. The molecule has 1 N–H and O–H groups in total. The summed E-state index contributed by atoms with van der Waals surface area (Å²) in [5.74, 6) is 0.281. The average Bonchev–Trinajstić information content (AvgIpc) is 2.59. The van der Waals surface area contributed by atoms with Gasteiger partial charge in [-0.2, -0.15) is 0 Å². The zero-order valence-corrected chi connectivity index (χ0v) is 15.1. The summed E-state index contributed by atoms with van der Waals surface area (Å²) in [7, 11) is 0. The molecule has 136 valence electrons. The number of benzene rings is 1. The van der Waals surface area contributed by atoms with E-state index in [0.29, 0.717) is 32.5 Å². The number of likely N-dealkylation sites (tertiary alicyclic amines) is 1. The number of aliphatic hydroxyl groups is 1. The van der Waals surface area contributed by atoms with Crippen LogP contribution in [0.15, 0.2) is 24.3 Å². The zero-order valence-electron chi connectivity index (χ0n) is 15.1. The molecular formula is C20H28N2O3. The molecule has 0 saturated carbocycles. The van der Waals surface area contributed by atoms with E-state index in [1.54, 1.807) is 9.80 Å². The van der Waals surface area contributed by atoms with Gasteiger partial charge in [0.2, 0.25) is 11.8 Å². The maximum absolute atomic E-state index is 13.1. The van der Waals surface area contributed by atoms with Gasteiger partial charge in [0, 0.05) is 32.5 Å². The Morgan fingerprint density at radius 3 is 2.64 bits per heavy atom. The summed E-state index contributed by atoms with van der Waals surface area (Å²) < 4.78 is 0. The van der Waals surface area contributed by atoms with Crippen molar-refractivity contribution >= 4 is 11.8 Å². The summed E-state index contributed by atoms with van der Waals surface area (Å²) in [6, 6.07) is 7.59. The lowest BCUT2D eigenvalue weighted by Gasteiger charge is -2.40. The Bertz CT molecular complexity index is 644. The van der Waals surface area contributed by atoms with Crippen molar-refractivity contribution in [2.45, 2.75) is 58.2 Å². The summed E-state index contributed by atoms with van der Waals surface area (Å²) in [5, 5.41) is 9.90. The first-order chi connectivity index (χ1) is 12.0. The quantitative estimate of drug-likeness (QED) is 0.912. The van der Waals surface area contributed by atoms with Gasteiger partial charge >= 0.3 is 0 Å².